The van der Waals surface area contributed by atoms with Crippen LogP contribution in [-0.4, -0.2) is 43.5 Å². The van der Waals surface area contributed by atoms with E-state index >= 15 is 0 Å². The van der Waals surface area contributed by atoms with Gasteiger partial charge in [0.05, 0.1) is 13.2 Å². The average Bonchev–Trinajstić information content (AvgIpc) is 2.80. The molecule has 0 saturated heterocycles. The maximum atomic E-state index is 12.1. The molecular weight excluding hydrogens is 449 g/mol. The smallest absolute Gasteiger partial charge is 0.303 e. The van der Waals surface area contributed by atoms with Crippen LogP contribution in [0.15, 0.2) is 0 Å². The second kappa shape index (κ2) is 28.7. The standard InChI is InChI=1S/C17H36.C10H24NO3PS/c1-3-5-7-9-11-13-15-17-16-14-12-10-8-6-4-2;1-5-11(6-2)9-10-16-15(12,13-7-3)14-8-4/h3-17H2,1-2H3;5-10H2,1-4H3. The Morgan fingerprint density at radius 2 is 0.909 bits per heavy atom. The number of hydrogen-bond donors (Lipinski definition) is 0. The van der Waals surface area contributed by atoms with Crippen molar-refractivity contribution in [2.24, 2.45) is 0 Å². The summed E-state index contributed by atoms with van der Waals surface area (Å²) in [7, 11) is 0. The summed E-state index contributed by atoms with van der Waals surface area (Å²) in [6.07, 6.45) is 21.9. The predicted octanol–water partition coefficient (Wildman–Crippen LogP) is 10.1. The van der Waals surface area contributed by atoms with Gasteiger partial charge in [-0.1, -0.05) is 124 Å². The zero-order chi connectivity index (χ0) is 25.0. The molecule has 0 aliphatic carbocycles. The van der Waals surface area contributed by atoms with Crippen molar-refractivity contribution in [1.82, 2.24) is 4.90 Å². The second-order valence-corrected chi connectivity index (χ2v) is 12.9. The Balaban J connectivity index is 0. The second-order valence-electron chi connectivity index (χ2n) is 8.74. The van der Waals surface area contributed by atoms with Gasteiger partial charge in [0.25, 0.3) is 0 Å². The van der Waals surface area contributed by atoms with Crippen molar-refractivity contribution in [2.75, 3.05) is 38.6 Å². The molecule has 0 atom stereocenters. The first-order valence-electron chi connectivity index (χ1n) is 14.3. The van der Waals surface area contributed by atoms with Crippen LogP contribution in [0.2, 0.25) is 0 Å². The first-order chi connectivity index (χ1) is 16.0. The molecule has 0 unspecified atom stereocenters. The molecule has 0 spiro atoms. The minimum absolute atomic E-state index is 0.426. The first kappa shape index (κ1) is 35.6. The summed E-state index contributed by atoms with van der Waals surface area (Å²) in [6.45, 7) is 13.4. The Labute approximate surface area is 213 Å². The van der Waals surface area contributed by atoms with E-state index in [1.165, 1.54) is 108 Å². The molecule has 0 bridgehead atoms. The molecular formula is C27H60NO3PS. The van der Waals surface area contributed by atoms with Gasteiger partial charge in [0.2, 0.25) is 0 Å². The molecule has 4 nitrogen and oxygen atoms in total. The van der Waals surface area contributed by atoms with E-state index in [1.807, 2.05) is 13.8 Å². The molecule has 33 heavy (non-hydrogen) atoms. The number of rotatable bonds is 24. The summed E-state index contributed by atoms with van der Waals surface area (Å²) in [6, 6.07) is 0. The van der Waals surface area contributed by atoms with E-state index in [4.69, 9.17) is 9.05 Å². The minimum atomic E-state index is -2.91. The van der Waals surface area contributed by atoms with Crippen molar-refractivity contribution in [3.05, 3.63) is 0 Å². The van der Waals surface area contributed by atoms with E-state index in [9.17, 15) is 4.57 Å². The van der Waals surface area contributed by atoms with Crippen molar-refractivity contribution in [2.45, 2.75) is 138 Å². The van der Waals surface area contributed by atoms with E-state index < -0.39 is 6.80 Å². The topological polar surface area (TPSA) is 38.8 Å². The summed E-state index contributed by atoms with van der Waals surface area (Å²) in [5.74, 6) is 0.777. The van der Waals surface area contributed by atoms with Gasteiger partial charge in [0.15, 0.2) is 0 Å². The Morgan fingerprint density at radius 3 is 1.18 bits per heavy atom. The Morgan fingerprint density at radius 1 is 0.576 bits per heavy atom. The van der Waals surface area contributed by atoms with Gasteiger partial charge in [-0.05, 0) is 38.3 Å². The number of hydrogen-bond acceptors (Lipinski definition) is 5. The van der Waals surface area contributed by atoms with Crippen LogP contribution in [0.4, 0.5) is 0 Å². The lowest BCUT2D eigenvalue weighted by Crippen LogP contribution is -2.25. The third kappa shape index (κ3) is 26.9. The number of unbranched alkanes of at least 4 members (excludes halogenated alkanes) is 14. The van der Waals surface area contributed by atoms with Crippen LogP contribution >= 0.6 is 18.2 Å². The molecule has 6 heteroatoms. The fourth-order valence-electron chi connectivity index (χ4n) is 3.69. The van der Waals surface area contributed by atoms with Crippen molar-refractivity contribution in [3.63, 3.8) is 0 Å². The maximum Gasteiger partial charge on any atom is 0.389 e. The SMILES string of the molecule is CCCCCCCCCCCCCCCCC.CCOP(=O)(OCC)SCCN(CC)CC. The van der Waals surface area contributed by atoms with Crippen LogP contribution in [-0.2, 0) is 13.6 Å². The Hall–Kier alpha value is 0.460. The molecule has 0 N–H and O–H groups in total. The van der Waals surface area contributed by atoms with Crippen LogP contribution < -0.4 is 0 Å². The lowest BCUT2D eigenvalue weighted by Gasteiger charge is -2.20. The van der Waals surface area contributed by atoms with Gasteiger partial charge in [-0.15, -0.1) is 0 Å². The van der Waals surface area contributed by atoms with E-state index in [0.717, 1.165) is 25.4 Å². The van der Waals surface area contributed by atoms with Gasteiger partial charge in [-0.25, -0.2) is 4.57 Å². The molecule has 0 aromatic rings. The zero-order valence-corrected chi connectivity index (χ0v) is 25.1. The summed E-state index contributed by atoms with van der Waals surface area (Å²) in [5, 5.41) is 0. The van der Waals surface area contributed by atoms with Crippen LogP contribution in [0.5, 0.6) is 0 Å². The molecule has 0 heterocycles. The highest BCUT2D eigenvalue weighted by atomic mass is 32.7. The molecule has 0 amide bonds. The van der Waals surface area contributed by atoms with Gasteiger partial charge >= 0.3 is 6.80 Å². The third-order valence-corrected chi connectivity index (χ3v) is 9.79. The van der Waals surface area contributed by atoms with E-state index in [2.05, 4.69) is 32.6 Å². The summed E-state index contributed by atoms with van der Waals surface area (Å²) in [5.41, 5.74) is 0. The molecule has 0 radical (unpaired) electrons. The predicted molar refractivity (Wildman–Crippen MR) is 152 cm³/mol. The van der Waals surface area contributed by atoms with Gasteiger partial charge in [0, 0.05) is 12.3 Å². The highest BCUT2D eigenvalue weighted by Gasteiger charge is 2.24. The fourth-order valence-corrected chi connectivity index (χ4v) is 7.11. The molecule has 0 rings (SSSR count). The maximum absolute atomic E-state index is 12.1. The lowest BCUT2D eigenvalue weighted by atomic mass is 10.0. The zero-order valence-electron chi connectivity index (χ0n) is 23.4. The van der Waals surface area contributed by atoms with Crippen LogP contribution in [0.25, 0.3) is 0 Å². The molecule has 0 aromatic heterocycles. The van der Waals surface area contributed by atoms with Gasteiger partial charge in [-0.2, -0.15) is 0 Å². The molecule has 202 valence electrons. The Kier molecular flexibility index (Phi) is 31.0. The first-order valence-corrected chi connectivity index (χ1v) is 17.4. The monoisotopic (exact) mass is 509 g/mol. The normalized spacial score (nSPS) is 11.6. The Bertz CT molecular complexity index is 385. The molecule has 0 aromatic carbocycles. The fraction of sp³-hybridized carbons (Fsp3) is 1.00. The van der Waals surface area contributed by atoms with E-state index in [-0.39, 0.29) is 0 Å². The minimum Gasteiger partial charge on any atom is -0.303 e. The summed E-state index contributed by atoms with van der Waals surface area (Å²) < 4.78 is 22.5. The van der Waals surface area contributed by atoms with Gasteiger partial charge in [0.1, 0.15) is 0 Å². The van der Waals surface area contributed by atoms with Crippen molar-refractivity contribution in [1.29, 1.82) is 0 Å². The lowest BCUT2D eigenvalue weighted by molar-refractivity contribution is 0.236. The van der Waals surface area contributed by atoms with Crippen molar-refractivity contribution >= 4 is 18.2 Å². The van der Waals surface area contributed by atoms with E-state index in [0.29, 0.717) is 13.2 Å². The van der Waals surface area contributed by atoms with Gasteiger partial charge in [-0.3, -0.25) is 0 Å². The highest BCUT2D eigenvalue weighted by molar-refractivity contribution is 8.55. The van der Waals surface area contributed by atoms with Crippen molar-refractivity contribution in [3.8, 4) is 0 Å². The number of nitrogens with zero attached hydrogens (tertiary/aromatic N) is 1. The molecule has 0 fully saturated rings. The molecule has 0 saturated carbocycles. The highest BCUT2D eigenvalue weighted by Crippen LogP contribution is 2.60. The third-order valence-electron chi connectivity index (χ3n) is 5.83. The van der Waals surface area contributed by atoms with Crippen LogP contribution in [0, 0.1) is 0 Å². The van der Waals surface area contributed by atoms with Crippen LogP contribution in [0.1, 0.15) is 138 Å². The molecule has 0 aliphatic heterocycles. The quantitative estimate of drug-likeness (QED) is 0.0955. The average molecular weight is 510 g/mol. The largest absolute Gasteiger partial charge is 0.389 e. The van der Waals surface area contributed by atoms with Gasteiger partial charge < -0.3 is 13.9 Å². The summed E-state index contributed by atoms with van der Waals surface area (Å²) >= 11 is 1.30. The molecule has 0 aliphatic rings. The van der Waals surface area contributed by atoms with E-state index in [1.54, 1.807) is 0 Å². The van der Waals surface area contributed by atoms with Crippen LogP contribution in [0.3, 0.4) is 0 Å². The van der Waals surface area contributed by atoms with Crippen molar-refractivity contribution < 1.29 is 13.6 Å². The summed E-state index contributed by atoms with van der Waals surface area (Å²) in [4.78, 5) is 2.29.